The minimum atomic E-state index is -0.231. The van der Waals surface area contributed by atoms with E-state index >= 15 is 0 Å². The zero-order chi connectivity index (χ0) is 15.2. The number of hydrogen-bond acceptors (Lipinski definition) is 2. The van der Waals surface area contributed by atoms with Crippen LogP contribution in [-0.2, 0) is 6.42 Å². The van der Waals surface area contributed by atoms with Gasteiger partial charge in [0.25, 0.3) is 5.91 Å². The Kier molecular flexibility index (Phi) is 5.47. The van der Waals surface area contributed by atoms with Crippen LogP contribution in [0.4, 0.5) is 5.69 Å². The Morgan fingerprint density at radius 3 is 2.29 bits per heavy atom. The van der Waals surface area contributed by atoms with E-state index in [-0.39, 0.29) is 11.0 Å². The van der Waals surface area contributed by atoms with Crippen LogP contribution in [0.15, 0.2) is 53.0 Å². The van der Waals surface area contributed by atoms with Gasteiger partial charge >= 0.3 is 0 Å². The van der Waals surface area contributed by atoms with Crippen molar-refractivity contribution < 1.29 is 4.79 Å². The number of amides is 1. The summed E-state index contributed by atoms with van der Waals surface area (Å²) >= 11 is 8.48. The number of nitrogens with one attached hydrogen (secondary N) is 2. The lowest BCUT2D eigenvalue weighted by Gasteiger charge is -2.10. The maximum Gasteiger partial charge on any atom is 0.257 e. The van der Waals surface area contributed by atoms with E-state index in [2.05, 4.69) is 33.5 Å². The lowest BCUT2D eigenvalue weighted by atomic mass is 10.1. The number of benzene rings is 2. The first kappa shape index (κ1) is 15.7. The van der Waals surface area contributed by atoms with Gasteiger partial charge in [0.1, 0.15) is 0 Å². The van der Waals surface area contributed by atoms with Crippen molar-refractivity contribution in [2.75, 3.05) is 5.32 Å². The van der Waals surface area contributed by atoms with Crippen molar-refractivity contribution in [2.24, 2.45) is 0 Å². The summed E-state index contributed by atoms with van der Waals surface area (Å²) < 4.78 is 0.927. The normalized spacial score (nSPS) is 10.0. The summed E-state index contributed by atoms with van der Waals surface area (Å²) in [4.78, 5) is 12.0. The second-order valence-corrected chi connectivity index (χ2v) is 5.79. The highest BCUT2D eigenvalue weighted by Crippen LogP contribution is 2.11. The first-order valence-corrected chi connectivity index (χ1v) is 7.75. The molecule has 2 rings (SSSR count). The van der Waals surface area contributed by atoms with Crippen molar-refractivity contribution in [2.45, 2.75) is 13.3 Å². The smallest absolute Gasteiger partial charge is 0.257 e. The molecule has 0 atom stereocenters. The predicted octanol–water partition coefficient (Wildman–Crippen LogP) is 4.14. The van der Waals surface area contributed by atoms with E-state index < -0.39 is 0 Å². The van der Waals surface area contributed by atoms with Crippen LogP contribution in [0.5, 0.6) is 0 Å². The summed E-state index contributed by atoms with van der Waals surface area (Å²) in [5, 5.41) is 5.94. The van der Waals surface area contributed by atoms with Crippen molar-refractivity contribution in [1.29, 1.82) is 0 Å². The number of halogens is 1. The Bertz CT molecular complexity index is 638. The van der Waals surface area contributed by atoms with E-state index in [1.807, 2.05) is 36.4 Å². The maximum absolute atomic E-state index is 12.0. The molecule has 2 aromatic carbocycles. The fourth-order valence-corrected chi connectivity index (χ4v) is 2.24. The second-order valence-electron chi connectivity index (χ2n) is 4.47. The largest absolute Gasteiger partial charge is 0.332 e. The van der Waals surface area contributed by atoms with Crippen molar-refractivity contribution in [1.82, 2.24) is 5.32 Å². The number of carbonyl (C=O) groups excluding carboxylic acids is 1. The van der Waals surface area contributed by atoms with Crippen LogP contribution in [-0.4, -0.2) is 11.0 Å². The average molecular weight is 363 g/mol. The molecule has 0 aliphatic heterocycles. The summed E-state index contributed by atoms with van der Waals surface area (Å²) in [6.07, 6.45) is 0.991. The van der Waals surface area contributed by atoms with Crippen LogP contribution in [0, 0.1) is 0 Å². The molecule has 5 heteroatoms. The van der Waals surface area contributed by atoms with Gasteiger partial charge in [-0.3, -0.25) is 10.1 Å². The SMILES string of the molecule is CCc1ccc(NC(=S)NC(=O)c2ccc(Br)cc2)cc1. The number of carbonyl (C=O) groups is 1. The average Bonchev–Trinajstić information content (AvgIpc) is 2.48. The summed E-state index contributed by atoms with van der Waals surface area (Å²) in [6, 6.07) is 15.0. The molecule has 2 N–H and O–H groups in total. The molecule has 0 fully saturated rings. The van der Waals surface area contributed by atoms with E-state index in [1.165, 1.54) is 5.56 Å². The Labute approximate surface area is 137 Å². The lowest BCUT2D eigenvalue weighted by molar-refractivity contribution is 0.0977. The van der Waals surface area contributed by atoms with Crippen molar-refractivity contribution >= 4 is 44.9 Å². The van der Waals surface area contributed by atoms with Crippen LogP contribution in [0.3, 0.4) is 0 Å². The third-order valence-electron chi connectivity index (χ3n) is 2.95. The quantitative estimate of drug-likeness (QED) is 0.806. The molecule has 0 spiro atoms. The molecule has 0 aliphatic carbocycles. The molecule has 0 saturated carbocycles. The molecule has 0 radical (unpaired) electrons. The summed E-state index contributed by atoms with van der Waals surface area (Å²) in [5.74, 6) is -0.231. The van der Waals surface area contributed by atoms with Crippen LogP contribution in [0.25, 0.3) is 0 Å². The highest BCUT2D eigenvalue weighted by atomic mass is 79.9. The summed E-state index contributed by atoms with van der Waals surface area (Å²) in [5.41, 5.74) is 2.67. The van der Waals surface area contributed by atoms with Crippen molar-refractivity contribution in [3.63, 3.8) is 0 Å². The maximum atomic E-state index is 12.0. The van der Waals surface area contributed by atoms with Gasteiger partial charge in [0.05, 0.1) is 0 Å². The van der Waals surface area contributed by atoms with Gasteiger partial charge in [-0.2, -0.15) is 0 Å². The summed E-state index contributed by atoms with van der Waals surface area (Å²) in [7, 11) is 0. The minimum absolute atomic E-state index is 0.231. The van der Waals surface area contributed by atoms with E-state index in [0.717, 1.165) is 16.6 Å². The van der Waals surface area contributed by atoms with Crippen LogP contribution in [0.2, 0.25) is 0 Å². The number of hydrogen-bond donors (Lipinski definition) is 2. The Morgan fingerprint density at radius 2 is 1.71 bits per heavy atom. The fourth-order valence-electron chi connectivity index (χ4n) is 1.76. The Balaban J connectivity index is 1.94. The number of rotatable bonds is 3. The molecule has 0 bridgehead atoms. The molecule has 21 heavy (non-hydrogen) atoms. The fraction of sp³-hybridized carbons (Fsp3) is 0.125. The van der Waals surface area contributed by atoms with E-state index in [9.17, 15) is 4.79 Å². The molecule has 0 saturated heterocycles. The number of aryl methyl sites for hydroxylation is 1. The molecule has 108 valence electrons. The van der Waals surface area contributed by atoms with Gasteiger partial charge in [-0.05, 0) is 60.6 Å². The third kappa shape index (κ3) is 4.65. The molecular weight excluding hydrogens is 348 g/mol. The Morgan fingerprint density at radius 1 is 1.10 bits per heavy atom. The first-order chi connectivity index (χ1) is 10.1. The molecule has 0 aliphatic rings. The van der Waals surface area contributed by atoms with E-state index in [0.29, 0.717) is 5.56 Å². The second kappa shape index (κ2) is 7.33. The van der Waals surface area contributed by atoms with Gasteiger partial charge < -0.3 is 5.32 Å². The number of anilines is 1. The lowest BCUT2D eigenvalue weighted by Crippen LogP contribution is -2.34. The van der Waals surface area contributed by atoms with Gasteiger partial charge in [0.2, 0.25) is 0 Å². The van der Waals surface area contributed by atoms with Crippen LogP contribution < -0.4 is 10.6 Å². The van der Waals surface area contributed by atoms with Gasteiger partial charge in [0.15, 0.2) is 5.11 Å². The molecule has 0 aromatic heterocycles. The van der Waals surface area contributed by atoms with Gasteiger partial charge in [-0.25, -0.2) is 0 Å². The molecular formula is C16H15BrN2OS. The van der Waals surface area contributed by atoms with E-state index in [4.69, 9.17) is 12.2 Å². The molecule has 0 heterocycles. The monoisotopic (exact) mass is 362 g/mol. The predicted molar refractivity (Wildman–Crippen MR) is 93.6 cm³/mol. The first-order valence-electron chi connectivity index (χ1n) is 6.55. The highest BCUT2D eigenvalue weighted by molar-refractivity contribution is 9.10. The zero-order valence-electron chi connectivity index (χ0n) is 11.5. The topological polar surface area (TPSA) is 41.1 Å². The Hall–Kier alpha value is -1.72. The molecule has 1 amide bonds. The minimum Gasteiger partial charge on any atom is -0.332 e. The molecule has 3 nitrogen and oxygen atoms in total. The van der Waals surface area contributed by atoms with Crippen molar-refractivity contribution in [3.8, 4) is 0 Å². The van der Waals surface area contributed by atoms with Crippen LogP contribution >= 0.6 is 28.1 Å². The summed E-state index contributed by atoms with van der Waals surface area (Å²) in [6.45, 7) is 2.10. The van der Waals surface area contributed by atoms with Crippen LogP contribution in [0.1, 0.15) is 22.8 Å². The van der Waals surface area contributed by atoms with Crippen molar-refractivity contribution in [3.05, 3.63) is 64.1 Å². The molecule has 2 aromatic rings. The third-order valence-corrected chi connectivity index (χ3v) is 3.69. The number of thiocarbonyl (C=S) groups is 1. The van der Waals surface area contributed by atoms with Gasteiger partial charge in [-0.1, -0.05) is 35.0 Å². The van der Waals surface area contributed by atoms with E-state index in [1.54, 1.807) is 12.1 Å². The van der Waals surface area contributed by atoms with Gasteiger partial charge in [0, 0.05) is 15.7 Å². The standard InChI is InChI=1S/C16H15BrN2OS/c1-2-11-3-9-14(10-4-11)18-16(21)19-15(20)12-5-7-13(17)8-6-12/h3-10H,2H2,1H3,(H2,18,19,20,21). The molecule has 0 unspecified atom stereocenters. The highest BCUT2D eigenvalue weighted by Gasteiger charge is 2.07. The van der Waals surface area contributed by atoms with Gasteiger partial charge in [-0.15, -0.1) is 0 Å². The zero-order valence-corrected chi connectivity index (χ0v) is 13.9.